The van der Waals surface area contributed by atoms with E-state index in [2.05, 4.69) is 25.3 Å². The van der Waals surface area contributed by atoms with Crippen LogP contribution >= 0.6 is 25.3 Å². The predicted molar refractivity (Wildman–Crippen MR) is 65.0 cm³/mol. The lowest BCUT2D eigenvalue weighted by Crippen LogP contribution is -2.58. The molecule has 0 radical (unpaired) electrons. The quantitative estimate of drug-likeness (QED) is 0.329. The lowest BCUT2D eigenvalue weighted by Gasteiger charge is -2.39. The Morgan fingerprint density at radius 3 is 2.31 bits per heavy atom. The summed E-state index contributed by atoms with van der Waals surface area (Å²) in [6.45, 7) is 0.382. The molecule has 0 saturated carbocycles. The normalized spacial score (nSPS) is 39.9. The van der Waals surface area contributed by atoms with Crippen molar-refractivity contribution in [2.24, 2.45) is 0 Å². The van der Waals surface area contributed by atoms with Crippen LogP contribution in [0.2, 0.25) is 0 Å². The maximum absolute atomic E-state index is 9.62. The molecular formula is C9H18O5S2. The molecule has 1 aliphatic heterocycles. The number of hydrogen-bond acceptors (Lipinski definition) is 7. The monoisotopic (exact) mass is 270 g/mol. The fourth-order valence-corrected chi connectivity index (χ4v) is 1.90. The van der Waals surface area contributed by atoms with Crippen LogP contribution in [0.4, 0.5) is 0 Å². The third kappa shape index (κ3) is 3.49. The molecule has 0 spiro atoms. The molecule has 3 N–H and O–H groups in total. The van der Waals surface area contributed by atoms with E-state index in [9.17, 15) is 15.3 Å². The maximum atomic E-state index is 9.62. The lowest BCUT2D eigenvalue weighted by molar-refractivity contribution is -0.291. The summed E-state index contributed by atoms with van der Waals surface area (Å²) in [5.74, 6) is 0.918. The van der Waals surface area contributed by atoms with Gasteiger partial charge in [-0.05, 0) is 12.2 Å². The minimum absolute atomic E-state index is 0.247. The van der Waals surface area contributed by atoms with Gasteiger partial charge in [-0.25, -0.2) is 0 Å². The average molecular weight is 270 g/mol. The Balaban J connectivity index is 2.50. The molecule has 0 aromatic heterocycles. The van der Waals surface area contributed by atoms with E-state index in [0.717, 1.165) is 6.42 Å². The average Bonchev–Trinajstić information content (AvgIpc) is 2.29. The third-order valence-corrected chi connectivity index (χ3v) is 3.11. The van der Waals surface area contributed by atoms with Crippen LogP contribution in [0.1, 0.15) is 6.42 Å². The van der Waals surface area contributed by atoms with Gasteiger partial charge >= 0.3 is 0 Å². The number of thiol groups is 2. The Morgan fingerprint density at radius 1 is 1.06 bits per heavy atom. The molecule has 5 atom stereocenters. The van der Waals surface area contributed by atoms with Crippen molar-refractivity contribution in [1.82, 2.24) is 0 Å². The first-order valence-corrected chi connectivity index (χ1v) is 6.41. The van der Waals surface area contributed by atoms with Crippen LogP contribution in [0.5, 0.6) is 0 Å². The molecule has 0 aromatic rings. The van der Waals surface area contributed by atoms with Gasteiger partial charge in [0.1, 0.15) is 18.3 Å². The summed E-state index contributed by atoms with van der Waals surface area (Å²) >= 11 is 8.02. The summed E-state index contributed by atoms with van der Waals surface area (Å²) in [6.07, 6.45) is -4.49. The minimum Gasteiger partial charge on any atom is -0.388 e. The molecule has 1 aliphatic rings. The van der Waals surface area contributed by atoms with E-state index in [4.69, 9.17) is 9.47 Å². The standard InChI is InChI=1S/C9H18O5S2/c10-6-5(4-16)14-9(8(12)7(6)11)13-2-1-3-15/h5-12,15-16H,1-4H2/t5-,6+,7+,8-,9-/m1/s1. The first-order chi connectivity index (χ1) is 7.61. The fraction of sp³-hybridized carbons (Fsp3) is 1.00. The molecule has 1 heterocycles. The second-order valence-electron chi connectivity index (χ2n) is 3.65. The van der Waals surface area contributed by atoms with Crippen LogP contribution in [0.3, 0.4) is 0 Å². The van der Waals surface area contributed by atoms with E-state index in [1.165, 1.54) is 0 Å². The highest BCUT2D eigenvalue weighted by Crippen LogP contribution is 2.22. The fourth-order valence-electron chi connectivity index (χ4n) is 1.47. The molecule has 7 heteroatoms. The van der Waals surface area contributed by atoms with E-state index < -0.39 is 30.7 Å². The molecule has 0 aliphatic carbocycles. The Kier molecular flexibility index (Phi) is 6.42. The third-order valence-electron chi connectivity index (χ3n) is 2.43. The summed E-state index contributed by atoms with van der Waals surface area (Å²) in [5.41, 5.74) is 0. The maximum Gasteiger partial charge on any atom is 0.186 e. The Bertz CT molecular complexity index is 204. The summed E-state index contributed by atoms with van der Waals surface area (Å²) in [5, 5.41) is 28.7. The van der Waals surface area contributed by atoms with Crippen molar-refractivity contribution in [1.29, 1.82) is 0 Å². The Morgan fingerprint density at radius 2 is 1.75 bits per heavy atom. The highest BCUT2D eigenvalue weighted by molar-refractivity contribution is 7.80. The van der Waals surface area contributed by atoms with Crippen LogP contribution in [0.15, 0.2) is 0 Å². The summed E-state index contributed by atoms with van der Waals surface area (Å²) in [7, 11) is 0. The van der Waals surface area contributed by atoms with Gasteiger partial charge in [-0.1, -0.05) is 0 Å². The first-order valence-electron chi connectivity index (χ1n) is 5.14. The zero-order valence-corrected chi connectivity index (χ0v) is 10.6. The van der Waals surface area contributed by atoms with Gasteiger partial charge in [-0.2, -0.15) is 25.3 Å². The summed E-state index contributed by atoms with van der Waals surface area (Å²) in [6, 6.07) is 0. The number of aliphatic hydroxyl groups excluding tert-OH is 3. The highest BCUT2D eigenvalue weighted by Gasteiger charge is 2.43. The van der Waals surface area contributed by atoms with E-state index in [0.29, 0.717) is 12.4 Å². The van der Waals surface area contributed by atoms with Crippen LogP contribution in [-0.4, -0.2) is 64.1 Å². The molecule has 1 fully saturated rings. The zero-order chi connectivity index (χ0) is 12.1. The number of rotatable bonds is 5. The van der Waals surface area contributed by atoms with Crippen molar-refractivity contribution in [2.75, 3.05) is 18.1 Å². The molecular weight excluding hydrogens is 252 g/mol. The molecule has 96 valence electrons. The van der Waals surface area contributed by atoms with Crippen molar-refractivity contribution in [3.63, 3.8) is 0 Å². The Hall–Kier alpha value is 0.500. The van der Waals surface area contributed by atoms with Gasteiger partial charge in [-0.15, -0.1) is 0 Å². The second-order valence-corrected chi connectivity index (χ2v) is 4.46. The van der Waals surface area contributed by atoms with Crippen LogP contribution < -0.4 is 0 Å². The van der Waals surface area contributed by atoms with E-state index in [1.54, 1.807) is 0 Å². The number of aliphatic hydroxyl groups is 3. The van der Waals surface area contributed by atoms with Crippen molar-refractivity contribution in [2.45, 2.75) is 37.1 Å². The predicted octanol–water partition coefficient (Wildman–Crippen LogP) is -0.940. The first kappa shape index (κ1) is 14.6. The zero-order valence-electron chi connectivity index (χ0n) is 8.77. The molecule has 0 bridgehead atoms. The van der Waals surface area contributed by atoms with Crippen molar-refractivity contribution >= 4 is 25.3 Å². The van der Waals surface area contributed by atoms with E-state index >= 15 is 0 Å². The minimum atomic E-state index is -1.27. The topological polar surface area (TPSA) is 79.2 Å². The molecule has 1 saturated heterocycles. The SMILES string of the molecule is O[C@H]1[C@@H](O)[C@@H](CS)O[C@@H](OCCCS)[C@@H]1O. The van der Waals surface area contributed by atoms with E-state index in [1.807, 2.05) is 0 Å². The molecule has 0 amide bonds. The molecule has 16 heavy (non-hydrogen) atoms. The van der Waals surface area contributed by atoms with Gasteiger partial charge in [0.15, 0.2) is 6.29 Å². The van der Waals surface area contributed by atoms with Crippen LogP contribution in [0, 0.1) is 0 Å². The van der Waals surface area contributed by atoms with Crippen molar-refractivity contribution < 1.29 is 24.8 Å². The van der Waals surface area contributed by atoms with Gasteiger partial charge < -0.3 is 24.8 Å². The number of ether oxygens (including phenoxy) is 2. The van der Waals surface area contributed by atoms with E-state index in [-0.39, 0.29) is 5.75 Å². The van der Waals surface area contributed by atoms with Gasteiger partial charge in [0, 0.05) is 5.75 Å². The summed E-state index contributed by atoms with van der Waals surface area (Å²) < 4.78 is 10.6. The van der Waals surface area contributed by atoms with Gasteiger partial charge in [0.05, 0.1) is 12.7 Å². The smallest absolute Gasteiger partial charge is 0.186 e. The molecule has 1 rings (SSSR count). The molecule has 0 unspecified atom stereocenters. The van der Waals surface area contributed by atoms with Gasteiger partial charge in [-0.3, -0.25) is 0 Å². The van der Waals surface area contributed by atoms with Crippen LogP contribution in [-0.2, 0) is 9.47 Å². The van der Waals surface area contributed by atoms with Gasteiger partial charge in [0.25, 0.3) is 0 Å². The highest BCUT2D eigenvalue weighted by atomic mass is 32.1. The molecule has 0 aromatic carbocycles. The Labute approximate surface area is 106 Å². The number of hydrogen-bond donors (Lipinski definition) is 5. The van der Waals surface area contributed by atoms with Gasteiger partial charge in [0.2, 0.25) is 0 Å². The largest absolute Gasteiger partial charge is 0.388 e. The second kappa shape index (κ2) is 7.05. The lowest BCUT2D eigenvalue weighted by atomic mass is 10.00. The van der Waals surface area contributed by atoms with Crippen molar-refractivity contribution in [3.8, 4) is 0 Å². The molecule has 5 nitrogen and oxygen atoms in total. The van der Waals surface area contributed by atoms with Crippen LogP contribution in [0.25, 0.3) is 0 Å². The van der Waals surface area contributed by atoms with Crippen molar-refractivity contribution in [3.05, 3.63) is 0 Å². The summed E-state index contributed by atoms with van der Waals surface area (Å²) in [4.78, 5) is 0.